The Kier molecular flexibility index (Phi) is 6.02. The first-order valence-corrected chi connectivity index (χ1v) is 11.8. The van der Waals surface area contributed by atoms with Crippen LogP contribution in [0.2, 0.25) is 0 Å². The largest absolute Gasteiger partial charge is 0.497 e. The standard InChI is InChI=1S/C25H24FN5O2S/c1-33-19-8-2-16(3-9-19)21-15-31(18-6-4-17(26)5-7-18)23(28-21)14-24(32)30-12-10-20-22(11-13-30)34-25(27)29-20/h2-9,15H,10-14H2,1H3,(H2,27,29). The van der Waals surface area contributed by atoms with Gasteiger partial charge in [-0.3, -0.25) is 4.79 Å². The summed E-state index contributed by atoms with van der Waals surface area (Å²) >= 11 is 1.50. The van der Waals surface area contributed by atoms with Gasteiger partial charge in [0.05, 0.1) is 24.9 Å². The maximum Gasteiger partial charge on any atom is 0.230 e. The third-order valence-corrected chi connectivity index (χ3v) is 6.94. The molecule has 2 aromatic carbocycles. The highest BCUT2D eigenvalue weighted by Crippen LogP contribution is 2.26. The molecule has 0 unspecified atom stereocenters. The molecule has 0 atom stereocenters. The minimum atomic E-state index is -0.317. The number of benzene rings is 2. The van der Waals surface area contributed by atoms with Gasteiger partial charge in [0.25, 0.3) is 0 Å². The highest BCUT2D eigenvalue weighted by Gasteiger charge is 2.23. The first kappa shape index (κ1) is 22.1. The number of fused-ring (bicyclic) bond motifs is 1. The lowest BCUT2D eigenvalue weighted by molar-refractivity contribution is -0.130. The van der Waals surface area contributed by atoms with Crippen molar-refractivity contribution in [1.29, 1.82) is 0 Å². The molecule has 0 radical (unpaired) electrons. The van der Waals surface area contributed by atoms with E-state index in [1.807, 2.05) is 39.9 Å². The van der Waals surface area contributed by atoms with Gasteiger partial charge in [0.1, 0.15) is 17.4 Å². The number of methoxy groups -OCH3 is 1. The second-order valence-electron chi connectivity index (χ2n) is 8.10. The number of carbonyl (C=O) groups excluding carboxylic acids is 1. The summed E-state index contributed by atoms with van der Waals surface area (Å²) in [7, 11) is 1.62. The predicted octanol–water partition coefficient (Wildman–Crippen LogP) is 3.90. The quantitative estimate of drug-likeness (QED) is 0.471. The molecule has 7 nitrogen and oxygen atoms in total. The summed E-state index contributed by atoms with van der Waals surface area (Å²) in [5.74, 6) is 1.04. The van der Waals surface area contributed by atoms with Crippen molar-refractivity contribution in [1.82, 2.24) is 19.4 Å². The molecule has 4 aromatic rings. The van der Waals surface area contributed by atoms with E-state index in [-0.39, 0.29) is 18.1 Å². The van der Waals surface area contributed by atoms with E-state index in [1.54, 1.807) is 19.2 Å². The van der Waals surface area contributed by atoms with Crippen LogP contribution in [-0.4, -0.2) is 45.5 Å². The van der Waals surface area contributed by atoms with E-state index in [0.29, 0.717) is 30.5 Å². The minimum absolute atomic E-state index is 0.00151. The number of aromatic nitrogens is 3. The number of rotatable bonds is 5. The third-order valence-electron chi connectivity index (χ3n) is 5.95. The summed E-state index contributed by atoms with van der Waals surface area (Å²) < 4.78 is 20.6. The van der Waals surface area contributed by atoms with Crippen LogP contribution in [-0.2, 0) is 24.1 Å². The lowest BCUT2D eigenvalue weighted by Gasteiger charge is -2.20. The van der Waals surface area contributed by atoms with Crippen LogP contribution in [0, 0.1) is 5.82 Å². The molecule has 1 aliphatic heterocycles. The van der Waals surface area contributed by atoms with Gasteiger partial charge in [-0.2, -0.15) is 0 Å². The van der Waals surface area contributed by atoms with Gasteiger partial charge in [0, 0.05) is 48.3 Å². The number of hydrogen-bond acceptors (Lipinski definition) is 6. The highest BCUT2D eigenvalue weighted by atomic mass is 32.1. The van der Waals surface area contributed by atoms with E-state index in [9.17, 15) is 9.18 Å². The normalized spacial score (nSPS) is 13.4. The van der Waals surface area contributed by atoms with E-state index in [0.717, 1.165) is 39.7 Å². The summed E-state index contributed by atoms with van der Waals surface area (Å²) in [5, 5.41) is 0.581. The molecule has 3 heterocycles. The Labute approximate surface area is 200 Å². The van der Waals surface area contributed by atoms with Gasteiger partial charge in [-0.1, -0.05) is 0 Å². The Balaban J connectivity index is 1.42. The van der Waals surface area contributed by atoms with Gasteiger partial charge < -0.3 is 19.9 Å². The van der Waals surface area contributed by atoms with Gasteiger partial charge in [0.15, 0.2) is 5.13 Å². The van der Waals surface area contributed by atoms with Gasteiger partial charge >= 0.3 is 0 Å². The maximum absolute atomic E-state index is 13.5. The van der Waals surface area contributed by atoms with Crippen molar-refractivity contribution in [3.05, 3.63) is 76.9 Å². The Morgan fingerprint density at radius 1 is 1.09 bits per heavy atom. The van der Waals surface area contributed by atoms with Crippen LogP contribution in [0.25, 0.3) is 16.9 Å². The lowest BCUT2D eigenvalue weighted by Crippen LogP contribution is -2.35. The zero-order chi connectivity index (χ0) is 23.7. The molecular weight excluding hydrogens is 453 g/mol. The van der Waals surface area contributed by atoms with Crippen LogP contribution in [0.5, 0.6) is 5.75 Å². The van der Waals surface area contributed by atoms with Gasteiger partial charge in [-0.15, -0.1) is 11.3 Å². The van der Waals surface area contributed by atoms with Gasteiger partial charge in [-0.25, -0.2) is 14.4 Å². The average molecular weight is 478 g/mol. The topological polar surface area (TPSA) is 86.3 Å². The van der Waals surface area contributed by atoms with Crippen molar-refractivity contribution < 1.29 is 13.9 Å². The summed E-state index contributed by atoms with van der Waals surface area (Å²) in [4.78, 5) is 25.5. The van der Waals surface area contributed by atoms with Crippen LogP contribution in [0.1, 0.15) is 16.4 Å². The first-order valence-electron chi connectivity index (χ1n) is 11.0. The molecule has 2 aromatic heterocycles. The zero-order valence-corrected chi connectivity index (χ0v) is 19.5. The molecule has 0 fully saturated rings. The fraction of sp³-hybridized carbons (Fsp3) is 0.240. The molecule has 34 heavy (non-hydrogen) atoms. The van der Waals surface area contributed by atoms with Gasteiger partial charge in [0.2, 0.25) is 5.91 Å². The number of carbonyl (C=O) groups is 1. The van der Waals surface area contributed by atoms with Gasteiger partial charge in [-0.05, 0) is 48.5 Å². The Hall–Kier alpha value is -3.72. The summed E-state index contributed by atoms with van der Waals surface area (Å²) in [6, 6.07) is 13.8. The zero-order valence-electron chi connectivity index (χ0n) is 18.7. The first-order chi connectivity index (χ1) is 16.5. The maximum atomic E-state index is 13.5. The number of halogens is 1. The number of anilines is 1. The second kappa shape index (κ2) is 9.26. The van der Waals surface area contributed by atoms with Crippen LogP contribution in [0.3, 0.4) is 0 Å². The van der Waals surface area contributed by atoms with Crippen LogP contribution in [0.15, 0.2) is 54.7 Å². The van der Waals surface area contributed by atoms with E-state index < -0.39 is 0 Å². The number of nitrogens with zero attached hydrogens (tertiary/aromatic N) is 4. The Morgan fingerprint density at radius 3 is 2.56 bits per heavy atom. The fourth-order valence-corrected chi connectivity index (χ4v) is 5.02. The summed E-state index contributed by atoms with van der Waals surface area (Å²) in [5.41, 5.74) is 9.21. The molecule has 0 spiro atoms. The molecule has 5 rings (SSSR count). The fourth-order valence-electron chi connectivity index (χ4n) is 4.15. The number of amides is 1. The van der Waals surface area contributed by atoms with E-state index >= 15 is 0 Å². The van der Waals surface area contributed by atoms with Crippen molar-refractivity contribution in [2.24, 2.45) is 0 Å². The van der Waals surface area contributed by atoms with Crippen LogP contribution in [0.4, 0.5) is 9.52 Å². The molecule has 0 aliphatic carbocycles. The molecule has 0 saturated heterocycles. The predicted molar refractivity (Wildman–Crippen MR) is 130 cm³/mol. The van der Waals surface area contributed by atoms with Crippen molar-refractivity contribution in [3.63, 3.8) is 0 Å². The lowest BCUT2D eigenvalue weighted by atomic mass is 10.1. The van der Waals surface area contributed by atoms with Crippen molar-refractivity contribution in [2.75, 3.05) is 25.9 Å². The molecule has 0 bridgehead atoms. The molecule has 0 saturated carbocycles. The molecule has 1 amide bonds. The Bertz CT molecular complexity index is 1290. The number of nitrogens with two attached hydrogens (primary N) is 1. The Morgan fingerprint density at radius 2 is 1.82 bits per heavy atom. The number of ether oxygens (including phenoxy) is 1. The smallest absolute Gasteiger partial charge is 0.230 e. The monoisotopic (exact) mass is 477 g/mol. The molecule has 174 valence electrons. The molecule has 2 N–H and O–H groups in total. The second-order valence-corrected chi connectivity index (χ2v) is 9.21. The highest BCUT2D eigenvalue weighted by molar-refractivity contribution is 7.15. The molecular formula is C25H24FN5O2S. The van der Waals surface area contributed by atoms with E-state index in [1.165, 1.54) is 23.5 Å². The van der Waals surface area contributed by atoms with Crippen LogP contribution < -0.4 is 10.5 Å². The number of nitrogen functional groups attached to an aromatic ring is 1. The van der Waals surface area contributed by atoms with Crippen molar-refractivity contribution >= 4 is 22.4 Å². The number of imidazole rings is 1. The van der Waals surface area contributed by atoms with Crippen LogP contribution >= 0.6 is 11.3 Å². The van der Waals surface area contributed by atoms with Crippen molar-refractivity contribution in [3.8, 4) is 22.7 Å². The third kappa shape index (κ3) is 4.51. The van der Waals surface area contributed by atoms with Crippen molar-refractivity contribution in [2.45, 2.75) is 19.3 Å². The number of thiazole rings is 1. The number of hydrogen-bond donors (Lipinski definition) is 1. The summed E-state index contributed by atoms with van der Waals surface area (Å²) in [6.07, 6.45) is 3.46. The SMILES string of the molecule is COc1ccc(-c2cn(-c3ccc(F)cc3)c(CC(=O)N3CCc4nc(N)sc4CC3)n2)cc1. The molecule has 9 heteroatoms. The molecule has 1 aliphatic rings. The summed E-state index contributed by atoms with van der Waals surface area (Å²) in [6.45, 7) is 1.22. The minimum Gasteiger partial charge on any atom is -0.497 e. The average Bonchev–Trinajstić information content (AvgIpc) is 3.36. The van der Waals surface area contributed by atoms with E-state index in [4.69, 9.17) is 15.5 Å². The van der Waals surface area contributed by atoms with E-state index in [2.05, 4.69) is 4.98 Å².